The van der Waals surface area contributed by atoms with Crippen molar-refractivity contribution in [1.82, 2.24) is 0 Å². The van der Waals surface area contributed by atoms with Crippen LogP contribution in [0.2, 0.25) is 0 Å². The Morgan fingerprint density at radius 3 is 2.39 bits per heavy atom. The van der Waals surface area contributed by atoms with Crippen LogP contribution in [-0.2, 0) is 19.1 Å². The second-order valence-electron chi connectivity index (χ2n) is 5.15. The van der Waals surface area contributed by atoms with Crippen LogP contribution in [0.4, 0.5) is 10.1 Å². The van der Waals surface area contributed by atoms with Gasteiger partial charge in [0.25, 0.3) is 0 Å². The molecule has 0 saturated heterocycles. The SMILES string of the molecule is CCOC(=O)C(=CNc1ccc(F)c(C2CC2)c1)C(=O)OCC.[HH]. The molecule has 0 radical (unpaired) electrons. The van der Waals surface area contributed by atoms with E-state index in [1.807, 2.05) is 0 Å². The van der Waals surface area contributed by atoms with E-state index in [1.54, 1.807) is 26.0 Å². The molecule has 1 aliphatic carbocycles. The Bertz CT molecular complexity index is 609. The summed E-state index contributed by atoms with van der Waals surface area (Å²) in [6.07, 6.45) is 3.19. The van der Waals surface area contributed by atoms with Crippen LogP contribution in [0.25, 0.3) is 0 Å². The number of rotatable bonds is 7. The molecule has 23 heavy (non-hydrogen) atoms. The minimum Gasteiger partial charge on any atom is -0.462 e. The van der Waals surface area contributed by atoms with Crippen molar-refractivity contribution in [1.29, 1.82) is 0 Å². The highest BCUT2D eigenvalue weighted by molar-refractivity contribution is 6.14. The number of hydrogen-bond donors (Lipinski definition) is 1. The van der Waals surface area contributed by atoms with Crippen molar-refractivity contribution in [3.63, 3.8) is 0 Å². The maximum absolute atomic E-state index is 13.7. The van der Waals surface area contributed by atoms with E-state index in [-0.39, 0.29) is 31.9 Å². The standard InChI is InChI=1S/C17H20FNO4.H2/c1-3-22-16(20)14(17(21)23-4-2)10-19-12-7-8-15(18)13(9-12)11-5-6-11;/h7-11,19H,3-6H2,1-2H3;1H. The van der Waals surface area contributed by atoms with Crippen LogP contribution in [-0.4, -0.2) is 25.2 Å². The van der Waals surface area contributed by atoms with Gasteiger partial charge in [-0.1, -0.05) is 0 Å². The highest BCUT2D eigenvalue weighted by Gasteiger charge is 2.26. The largest absolute Gasteiger partial charge is 0.462 e. The lowest BCUT2D eigenvalue weighted by Crippen LogP contribution is -2.19. The molecule has 1 N–H and O–H groups in total. The van der Waals surface area contributed by atoms with Crippen LogP contribution < -0.4 is 5.32 Å². The maximum Gasteiger partial charge on any atom is 0.347 e. The van der Waals surface area contributed by atoms with Gasteiger partial charge in [0.15, 0.2) is 5.57 Å². The summed E-state index contributed by atoms with van der Waals surface area (Å²) in [5, 5.41) is 2.84. The highest BCUT2D eigenvalue weighted by atomic mass is 19.1. The van der Waals surface area contributed by atoms with Crippen LogP contribution in [0.3, 0.4) is 0 Å². The molecule has 0 aromatic heterocycles. The molecule has 0 heterocycles. The van der Waals surface area contributed by atoms with E-state index in [0.717, 1.165) is 12.8 Å². The predicted molar refractivity (Wildman–Crippen MR) is 85.5 cm³/mol. The van der Waals surface area contributed by atoms with Gasteiger partial charge in [0.1, 0.15) is 5.82 Å². The van der Waals surface area contributed by atoms with Gasteiger partial charge in [0.05, 0.1) is 13.2 Å². The first-order chi connectivity index (χ1) is 11.1. The molecule has 1 aliphatic rings. The lowest BCUT2D eigenvalue weighted by Gasteiger charge is -2.09. The van der Waals surface area contributed by atoms with Crippen molar-refractivity contribution < 1.29 is 24.9 Å². The molecule has 0 spiro atoms. The smallest absolute Gasteiger partial charge is 0.347 e. The number of halogens is 1. The number of carbonyl (C=O) groups excluding carboxylic acids is 2. The molecule has 0 amide bonds. The van der Waals surface area contributed by atoms with Crippen molar-refractivity contribution in [3.8, 4) is 0 Å². The number of carbonyl (C=O) groups is 2. The zero-order valence-electron chi connectivity index (χ0n) is 13.2. The fraction of sp³-hybridized carbons (Fsp3) is 0.412. The summed E-state index contributed by atoms with van der Waals surface area (Å²) in [5.41, 5.74) is 1.02. The zero-order chi connectivity index (χ0) is 16.8. The minimum absolute atomic E-state index is 0. The molecule has 0 aliphatic heterocycles. The molecule has 1 fully saturated rings. The summed E-state index contributed by atoms with van der Waals surface area (Å²) in [6.45, 7) is 3.60. The van der Waals surface area contributed by atoms with Crippen LogP contribution in [0.15, 0.2) is 30.0 Å². The quantitative estimate of drug-likeness (QED) is 0.361. The predicted octanol–water partition coefficient (Wildman–Crippen LogP) is 3.37. The molecule has 0 unspecified atom stereocenters. The topological polar surface area (TPSA) is 64.6 Å². The minimum atomic E-state index is -0.761. The molecule has 1 aromatic rings. The van der Waals surface area contributed by atoms with Crippen molar-refractivity contribution in [2.45, 2.75) is 32.6 Å². The van der Waals surface area contributed by atoms with E-state index in [4.69, 9.17) is 9.47 Å². The van der Waals surface area contributed by atoms with Crippen molar-refractivity contribution >= 4 is 17.6 Å². The monoisotopic (exact) mass is 323 g/mol. The molecule has 0 bridgehead atoms. The molecule has 0 atom stereocenters. The van der Waals surface area contributed by atoms with E-state index < -0.39 is 11.9 Å². The first-order valence-electron chi connectivity index (χ1n) is 7.67. The molecular formula is C17H22FNO4. The summed E-state index contributed by atoms with van der Waals surface area (Å²) in [5.74, 6) is -1.50. The number of anilines is 1. The van der Waals surface area contributed by atoms with E-state index in [9.17, 15) is 14.0 Å². The fourth-order valence-electron chi connectivity index (χ4n) is 2.12. The van der Waals surface area contributed by atoms with Crippen molar-refractivity contribution in [3.05, 3.63) is 41.4 Å². The van der Waals surface area contributed by atoms with Crippen LogP contribution in [0.5, 0.6) is 0 Å². The normalized spacial score (nSPS) is 13.2. The number of nitrogens with one attached hydrogen (secondary N) is 1. The lowest BCUT2D eigenvalue weighted by molar-refractivity contribution is -0.146. The third kappa shape index (κ3) is 4.55. The van der Waals surface area contributed by atoms with Gasteiger partial charge in [-0.05, 0) is 56.4 Å². The van der Waals surface area contributed by atoms with Crippen LogP contribution in [0.1, 0.15) is 39.6 Å². The molecule has 6 heteroatoms. The zero-order valence-corrected chi connectivity index (χ0v) is 13.2. The van der Waals surface area contributed by atoms with Crippen LogP contribution >= 0.6 is 0 Å². The Morgan fingerprint density at radius 2 is 1.87 bits per heavy atom. The second kappa shape index (κ2) is 7.76. The summed E-state index contributed by atoms with van der Waals surface area (Å²) < 4.78 is 23.4. The van der Waals surface area contributed by atoms with Gasteiger partial charge < -0.3 is 14.8 Å². The summed E-state index contributed by atoms with van der Waals surface area (Å²) in [6, 6.07) is 4.61. The summed E-state index contributed by atoms with van der Waals surface area (Å²) >= 11 is 0. The Labute approximate surface area is 136 Å². The highest BCUT2D eigenvalue weighted by Crippen LogP contribution is 2.42. The van der Waals surface area contributed by atoms with E-state index >= 15 is 0 Å². The fourth-order valence-corrected chi connectivity index (χ4v) is 2.12. The number of benzene rings is 1. The lowest BCUT2D eigenvalue weighted by atomic mass is 10.1. The Hall–Kier alpha value is -2.37. The Kier molecular flexibility index (Phi) is 5.73. The van der Waals surface area contributed by atoms with E-state index in [0.29, 0.717) is 11.3 Å². The molecule has 1 saturated carbocycles. The summed E-state index contributed by atoms with van der Waals surface area (Å²) in [7, 11) is 0. The van der Waals surface area contributed by atoms with Gasteiger partial charge in [0, 0.05) is 13.3 Å². The third-order valence-electron chi connectivity index (χ3n) is 3.39. The van der Waals surface area contributed by atoms with E-state index in [1.165, 1.54) is 12.3 Å². The van der Waals surface area contributed by atoms with Crippen molar-refractivity contribution in [2.75, 3.05) is 18.5 Å². The van der Waals surface area contributed by atoms with E-state index in [2.05, 4.69) is 5.32 Å². The van der Waals surface area contributed by atoms with Gasteiger partial charge in [-0.3, -0.25) is 0 Å². The average Bonchev–Trinajstić information content (AvgIpc) is 3.34. The third-order valence-corrected chi connectivity index (χ3v) is 3.39. The Morgan fingerprint density at radius 1 is 1.26 bits per heavy atom. The first kappa shape index (κ1) is 17.0. The number of ether oxygens (including phenoxy) is 2. The van der Waals surface area contributed by atoms with Gasteiger partial charge in [-0.25, -0.2) is 14.0 Å². The maximum atomic E-state index is 13.7. The number of hydrogen-bond acceptors (Lipinski definition) is 5. The molecule has 2 rings (SSSR count). The first-order valence-corrected chi connectivity index (χ1v) is 7.67. The second-order valence-corrected chi connectivity index (χ2v) is 5.15. The molecule has 1 aromatic carbocycles. The summed E-state index contributed by atoms with van der Waals surface area (Å²) in [4.78, 5) is 23.7. The molecule has 5 nitrogen and oxygen atoms in total. The average molecular weight is 323 g/mol. The van der Waals surface area contributed by atoms with Gasteiger partial charge >= 0.3 is 11.9 Å². The van der Waals surface area contributed by atoms with Gasteiger partial charge in [-0.2, -0.15) is 0 Å². The Balaban J connectivity index is 0.00000288. The van der Waals surface area contributed by atoms with Crippen LogP contribution in [0, 0.1) is 5.82 Å². The van der Waals surface area contributed by atoms with Gasteiger partial charge in [0.2, 0.25) is 0 Å². The van der Waals surface area contributed by atoms with Crippen molar-refractivity contribution in [2.24, 2.45) is 0 Å². The number of esters is 2. The molecule has 126 valence electrons. The molecular weight excluding hydrogens is 301 g/mol. The van der Waals surface area contributed by atoms with Gasteiger partial charge in [-0.15, -0.1) is 0 Å².